The van der Waals surface area contributed by atoms with E-state index in [1.165, 1.54) is 83.5 Å². The van der Waals surface area contributed by atoms with Gasteiger partial charge in [-0.05, 0) is 25.7 Å². The maximum absolute atomic E-state index is 12.1. The molecule has 36 heavy (non-hydrogen) atoms. The molecule has 0 saturated carbocycles. The zero-order valence-electron chi connectivity index (χ0n) is 23.0. The van der Waals surface area contributed by atoms with Gasteiger partial charge in [-0.3, -0.25) is 14.5 Å². The van der Waals surface area contributed by atoms with Gasteiger partial charge in [-0.2, -0.15) is 0 Å². The van der Waals surface area contributed by atoms with E-state index in [2.05, 4.69) is 32.9 Å². The molecule has 0 bridgehead atoms. The van der Waals surface area contributed by atoms with Crippen LogP contribution < -0.4 is 16.4 Å². The molecule has 1 aliphatic rings. The van der Waals surface area contributed by atoms with E-state index in [0.717, 1.165) is 44.3 Å². The van der Waals surface area contributed by atoms with E-state index in [1.807, 2.05) is 10.9 Å². The third kappa shape index (κ3) is 15.1. The molecule has 1 atom stereocenters. The number of hydrogen-bond acceptors (Lipinski definition) is 6. The van der Waals surface area contributed by atoms with Crippen LogP contribution in [-0.2, 0) is 17.8 Å². The Balaban J connectivity index is 1.35. The van der Waals surface area contributed by atoms with Gasteiger partial charge in [0.25, 0.3) is 0 Å². The molecule has 2 rings (SSSR count). The molecule has 1 aromatic heterocycles. The largest absolute Gasteiger partial charge is 0.370 e. The van der Waals surface area contributed by atoms with E-state index in [-0.39, 0.29) is 5.91 Å². The molecule has 0 radical (unpaired) electrons. The monoisotopic (exact) mass is 503 g/mol. The Morgan fingerprint density at radius 2 is 1.61 bits per heavy atom. The number of nitrogens with two attached hydrogens (primary N) is 1. The van der Waals surface area contributed by atoms with Crippen molar-refractivity contribution in [1.29, 1.82) is 0 Å². The lowest BCUT2D eigenvalue weighted by Gasteiger charge is -2.09. The Labute approximate surface area is 219 Å². The highest BCUT2D eigenvalue weighted by atomic mass is 16.1. The minimum Gasteiger partial charge on any atom is -0.370 e. The van der Waals surface area contributed by atoms with E-state index in [0.29, 0.717) is 31.5 Å². The summed E-state index contributed by atoms with van der Waals surface area (Å²) in [6.07, 6.45) is 25.4. The topological polar surface area (TPSA) is 110 Å². The number of nitrogens with one attached hydrogen (secondary N) is 2. The van der Waals surface area contributed by atoms with E-state index in [1.54, 1.807) is 0 Å². The number of rotatable bonds is 23. The minimum atomic E-state index is 0.155. The summed E-state index contributed by atoms with van der Waals surface area (Å²) in [5, 5.41) is 14.7. The first-order valence-electron chi connectivity index (χ1n) is 14.9. The van der Waals surface area contributed by atoms with Crippen LogP contribution in [0.1, 0.15) is 128 Å². The quantitative estimate of drug-likeness (QED) is 0.176. The molecular weight excluding hydrogens is 450 g/mol. The first kappa shape index (κ1) is 30.1. The molecule has 206 valence electrons. The summed E-state index contributed by atoms with van der Waals surface area (Å²) in [6, 6.07) is 0.408. The van der Waals surface area contributed by atoms with Crippen molar-refractivity contribution in [2.24, 2.45) is 10.7 Å². The summed E-state index contributed by atoms with van der Waals surface area (Å²) in [7, 11) is 0. The van der Waals surface area contributed by atoms with Crippen molar-refractivity contribution in [3.05, 3.63) is 11.9 Å². The average molecular weight is 504 g/mol. The van der Waals surface area contributed by atoms with Crippen molar-refractivity contribution < 1.29 is 4.79 Å². The number of guanidine groups is 1. The molecule has 1 unspecified atom stereocenters. The second kappa shape index (κ2) is 20.0. The van der Waals surface area contributed by atoms with Crippen LogP contribution in [0.5, 0.6) is 0 Å². The average Bonchev–Trinajstić information content (AvgIpc) is 3.50. The Morgan fingerprint density at radius 1 is 0.972 bits per heavy atom. The predicted octanol–water partition coefficient (Wildman–Crippen LogP) is 5.27. The van der Waals surface area contributed by atoms with Crippen LogP contribution >= 0.6 is 0 Å². The van der Waals surface area contributed by atoms with Gasteiger partial charge >= 0.3 is 0 Å². The summed E-state index contributed by atoms with van der Waals surface area (Å²) in [4.78, 5) is 16.3. The van der Waals surface area contributed by atoms with Crippen molar-refractivity contribution in [2.75, 3.05) is 13.1 Å². The maximum Gasteiger partial charge on any atom is 0.220 e. The van der Waals surface area contributed by atoms with Gasteiger partial charge in [-0.1, -0.05) is 102 Å². The first-order chi connectivity index (χ1) is 17.7. The van der Waals surface area contributed by atoms with Gasteiger partial charge in [0.15, 0.2) is 5.96 Å². The Kier molecular flexibility index (Phi) is 16.7. The van der Waals surface area contributed by atoms with E-state index >= 15 is 0 Å². The number of aromatic nitrogens is 3. The van der Waals surface area contributed by atoms with E-state index in [9.17, 15) is 4.79 Å². The van der Waals surface area contributed by atoms with Gasteiger partial charge in [-0.25, -0.2) is 0 Å². The maximum atomic E-state index is 12.1. The third-order valence-corrected chi connectivity index (χ3v) is 7.08. The smallest absolute Gasteiger partial charge is 0.220 e. The molecule has 0 fully saturated rings. The van der Waals surface area contributed by atoms with Crippen molar-refractivity contribution in [2.45, 2.75) is 142 Å². The van der Waals surface area contributed by atoms with Crippen LogP contribution in [0.4, 0.5) is 0 Å². The molecule has 1 aromatic rings. The fourth-order valence-electron chi connectivity index (χ4n) is 4.81. The van der Waals surface area contributed by atoms with E-state index < -0.39 is 0 Å². The van der Waals surface area contributed by atoms with Crippen LogP contribution in [0.3, 0.4) is 0 Å². The zero-order chi connectivity index (χ0) is 25.7. The second-order valence-electron chi connectivity index (χ2n) is 10.5. The summed E-state index contributed by atoms with van der Waals surface area (Å²) in [5.74, 6) is 0.731. The molecule has 4 N–H and O–H groups in total. The number of carbonyl (C=O) groups is 1. The van der Waals surface area contributed by atoms with Crippen molar-refractivity contribution in [1.82, 2.24) is 25.6 Å². The summed E-state index contributed by atoms with van der Waals surface area (Å²) in [5.41, 5.74) is 6.68. The number of nitrogens with zero attached hydrogens (tertiary/aromatic N) is 4. The van der Waals surface area contributed by atoms with Gasteiger partial charge in [0.1, 0.15) is 0 Å². The van der Waals surface area contributed by atoms with Gasteiger partial charge in [0.05, 0.1) is 18.8 Å². The van der Waals surface area contributed by atoms with Crippen molar-refractivity contribution in [3.63, 3.8) is 0 Å². The second-order valence-corrected chi connectivity index (χ2v) is 10.5. The number of carbonyl (C=O) groups excluding carboxylic acids is 1. The van der Waals surface area contributed by atoms with Crippen molar-refractivity contribution in [3.8, 4) is 0 Å². The number of hydrogen-bond donors (Lipinski definition) is 3. The number of amides is 1. The van der Waals surface area contributed by atoms with Gasteiger partial charge in [0.2, 0.25) is 5.91 Å². The highest BCUT2D eigenvalue weighted by Gasteiger charge is 2.14. The lowest BCUT2D eigenvalue weighted by molar-refractivity contribution is -0.121. The van der Waals surface area contributed by atoms with Crippen LogP contribution in [-0.4, -0.2) is 46.0 Å². The summed E-state index contributed by atoms with van der Waals surface area (Å²) >= 11 is 0. The molecule has 0 spiro atoms. The van der Waals surface area contributed by atoms with Crippen LogP contribution in [0, 0.1) is 0 Å². The molecule has 0 saturated heterocycles. The minimum absolute atomic E-state index is 0.155. The third-order valence-electron chi connectivity index (χ3n) is 7.08. The predicted molar refractivity (Wildman–Crippen MR) is 149 cm³/mol. The van der Waals surface area contributed by atoms with Crippen LogP contribution in [0.2, 0.25) is 0 Å². The lowest BCUT2D eigenvalue weighted by atomic mass is 10.0. The molecule has 1 aliphatic heterocycles. The summed E-state index contributed by atoms with van der Waals surface area (Å²) in [6.45, 7) is 4.36. The summed E-state index contributed by atoms with van der Waals surface area (Å²) < 4.78 is 1.84. The molecule has 1 amide bonds. The first-order valence-corrected chi connectivity index (χ1v) is 14.9. The molecule has 8 heteroatoms. The van der Waals surface area contributed by atoms with Gasteiger partial charge in [-0.15, -0.1) is 5.10 Å². The lowest BCUT2D eigenvalue weighted by Crippen LogP contribution is -2.34. The standard InChI is InChI=1S/C28H53N7O/c1-2-3-4-5-6-7-8-9-10-11-12-13-17-20-27(36)30-21-22-35-24-26(33-34-35)19-16-14-15-18-25-23-31-28(29)32-25/h24-25H,2-23H2,1H3,(H,30,36)(H3,29,31,32). The molecule has 8 nitrogen and oxygen atoms in total. The normalized spacial score (nSPS) is 15.1. The fourth-order valence-corrected chi connectivity index (χ4v) is 4.81. The van der Waals surface area contributed by atoms with Crippen LogP contribution in [0.15, 0.2) is 11.2 Å². The fraction of sp³-hybridized carbons (Fsp3) is 0.857. The number of aliphatic imine (C=N–C) groups is 1. The molecule has 0 aliphatic carbocycles. The van der Waals surface area contributed by atoms with Gasteiger partial charge in [0, 0.05) is 25.2 Å². The van der Waals surface area contributed by atoms with Crippen molar-refractivity contribution >= 4 is 11.9 Å². The van der Waals surface area contributed by atoms with Crippen LogP contribution in [0.25, 0.3) is 0 Å². The molecule has 2 heterocycles. The number of unbranched alkanes of at least 4 members (excludes halogenated alkanes) is 14. The van der Waals surface area contributed by atoms with E-state index in [4.69, 9.17) is 5.73 Å². The zero-order valence-corrected chi connectivity index (χ0v) is 23.0. The highest BCUT2D eigenvalue weighted by molar-refractivity contribution is 5.79. The highest BCUT2D eigenvalue weighted by Crippen LogP contribution is 2.13. The van der Waals surface area contributed by atoms with Gasteiger partial charge < -0.3 is 16.4 Å². The Bertz CT molecular complexity index is 719. The number of aryl methyl sites for hydroxylation is 1. The Morgan fingerprint density at radius 3 is 2.25 bits per heavy atom. The molecular formula is C28H53N7O. The Hall–Kier alpha value is -2.12. The SMILES string of the molecule is CCCCCCCCCCCCCCCC(=O)NCCn1cc(CCCCCC2CN=C(N)N2)nn1. The molecule has 0 aromatic carbocycles.